The van der Waals surface area contributed by atoms with Gasteiger partial charge in [0.1, 0.15) is 6.61 Å². The average Bonchev–Trinajstić information content (AvgIpc) is 2.72. The molecule has 1 fully saturated rings. The molecule has 0 spiro atoms. The van der Waals surface area contributed by atoms with Crippen LogP contribution >= 0.6 is 0 Å². The maximum atomic E-state index is 12.1. The van der Waals surface area contributed by atoms with Crippen LogP contribution in [0.2, 0.25) is 0 Å². The van der Waals surface area contributed by atoms with Crippen LogP contribution in [0.1, 0.15) is 0 Å². The first-order valence-electron chi connectivity index (χ1n) is 8.67. The maximum absolute atomic E-state index is 12.1. The van der Waals surface area contributed by atoms with E-state index in [4.69, 9.17) is 14.2 Å². The van der Waals surface area contributed by atoms with Gasteiger partial charge in [0.2, 0.25) is 0 Å². The summed E-state index contributed by atoms with van der Waals surface area (Å²) in [6.45, 7) is 0.544. The predicted octanol–water partition coefficient (Wildman–Crippen LogP) is 1.62. The number of carbonyl (C=O) groups excluding carboxylic acids is 2. The lowest BCUT2D eigenvalue weighted by Gasteiger charge is -2.32. The number of morpholine rings is 1. The minimum Gasteiger partial charge on any atom is -0.493 e. The zero-order valence-corrected chi connectivity index (χ0v) is 15.1. The van der Waals surface area contributed by atoms with E-state index in [1.165, 1.54) is 0 Å². The van der Waals surface area contributed by atoms with Crippen molar-refractivity contribution in [2.45, 2.75) is 6.10 Å². The molecule has 2 aromatic carbocycles. The number of ether oxygens (including phenoxy) is 3. The first-order valence-corrected chi connectivity index (χ1v) is 8.67. The summed E-state index contributed by atoms with van der Waals surface area (Å²) < 4.78 is 16.2. The van der Waals surface area contributed by atoms with Crippen molar-refractivity contribution in [3.05, 3.63) is 54.6 Å². The Hall–Kier alpha value is -3.06. The van der Waals surface area contributed by atoms with E-state index in [1.54, 1.807) is 30.2 Å². The molecule has 27 heavy (non-hydrogen) atoms. The standard InChI is InChI=1S/C20H22N2O5/c1-25-17-9-5-6-10-18(17)27-13-19(23)21-11-16-12-22(20(24)14-26-16)15-7-3-2-4-8-15/h2-10,16H,11-14H2,1H3,(H,21,23). The normalized spacial score (nSPS) is 16.7. The van der Waals surface area contributed by atoms with Crippen molar-refractivity contribution in [2.75, 3.05) is 38.3 Å². The number of methoxy groups -OCH3 is 1. The first kappa shape index (κ1) is 18.7. The smallest absolute Gasteiger partial charge is 0.258 e. The minimum atomic E-state index is -0.280. The molecule has 3 rings (SSSR count). The summed E-state index contributed by atoms with van der Waals surface area (Å²) in [5, 5.41) is 2.78. The largest absolute Gasteiger partial charge is 0.493 e. The highest BCUT2D eigenvalue weighted by atomic mass is 16.5. The van der Waals surface area contributed by atoms with Gasteiger partial charge in [-0.15, -0.1) is 0 Å². The monoisotopic (exact) mass is 370 g/mol. The van der Waals surface area contributed by atoms with Crippen molar-refractivity contribution >= 4 is 17.5 Å². The molecule has 1 aliphatic heterocycles. The van der Waals surface area contributed by atoms with Crippen LogP contribution in [0.15, 0.2) is 54.6 Å². The number of anilines is 1. The summed E-state index contributed by atoms with van der Waals surface area (Å²) in [5.41, 5.74) is 0.821. The molecule has 2 aromatic rings. The molecule has 0 aliphatic carbocycles. The molecule has 0 radical (unpaired) electrons. The molecule has 142 valence electrons. The highest BCUT2D eigenvalue weighted by molar-refractivity contribution is 5.95. The quantitative estimate of drug-likeness (QED) is 0.802. The van der Waals surface area contributed by atoms with Crippen molar-refractivity contribution in [1.29, 1.82) is 0 Å². The zero-order chi connectivity index (χ0) is 19.1. The molecule has 1 unspecified atom stereocenters. The fraction of sp³-hybridized carbons (Fsp3) is 0.300. The SMILES string of the molecule is COc1ccccc1OCC(=O)NCC1CN(c2ccccc2)C(=O)CO1. The Bertz CT molecular complexity index is 781. The number of amides is 2. The second-order valence-electron chi connectivity index (χ2n) is 6.02. The Kier molecular flexibility index (Phi) is 6.27. The number of carbonyl (C=O) groups is 2. The molecule has 0 aromatic heterocycles. The van der Waals surface area contributed by atoms with E-state index in [0.717, 1.165) is 5.69 Å². The van der Waals surface area contributed by atoms with Crippen LogP contribution in [0.25, 0.3) is 0 Å². The van der Waals surface area contributed by atoms with Crippen molar-refractivity contribution in [3.63, 3.8) is 0 Å². The van der Waals surface area contributed by atoms with E-state index >= 15 is 0 Å². The van der Waals surface area contributed by atoms with E-state index in [0.29, 0.717) is 24.6 Å². The molecule has 7 nitrogen and oxygen atoms in total. The zero-order valence-electron chi connectivity index (χ0n) is 15.1. The van der Waals surface area contributed by atoms with Crippen molar-refractivity contribution in [2.24, 2.45) is 0 Å². The molecule has 1 saturated heterocycles. The topological polar surface area (TPSA) is 77.1 Å². The van der Waals surface area contributed by atoms with Crippen molar-refractivity contribution in [3.8, 4) is 11.5 Å². The summed E-state index contributed by atoms with van der Waals surface area (Å²) in [4.78, 5) is 25.8. The van der Waals surface area contributed by atoms with Crippen LogP contribution in [-0.4, -0.2) is 51.3 Å². The van der Waals surface area contributed by atoms with Gasteiger partial charge in [-0.05, 0) is 24.3 Å². The van der Waals surface area contributed by atoms with Crippen LogP contribution in [-0.2, 0) is 14.3 Å². The second-order valence-corrected chi connectivity index (χ2v) is 6.02. The van der Waals surface area contributed by atoms with Gasteiger partial charge in [0.25, 0.3) is 11.8 Å². The number of nitrogens with one attached hydrogen (secondary N) is 1. The Morgan fingerprint density at radius 2 is 1.85 bits per heavy atom. The third-order valence-corrected chi connectivity index (χ3v) is 4.15. The van der Waals surface area contributed by atoms with E-state index in [1.807, 2.05) is 36.4 Å². The molecule has 1 heterocycles. The van der Waals surface area contributed by atoms with Crippen molar-refractivity contribution in [1.82, 2.24) is 5.32 Å². The molecular formula is C20H22N2O5. The Morgan fingerprint density at radius 3 is 2.59 bits per heavy atom. The Balaban J connectivity index is 1.48. The van der Waals surface area contributed by atoms with Gasteiger partial charge in [-0.1, -0.05) is 30.3 Å². The molecule has 1 atom stereocenters. The van der Waals surface area contributed by atoms with E-state index < -0.39 is 0 Å². The van der Waals surface area contributed by atoms with Gasteiger partial charge in [0.15, 0.2) is 18.1 Å². The number of hydrogen-bond acceptors (Lipinski definition) is 5. The lowest BCUT2D eigenvalue weighted by molar-refractivity contribution is -0.130. The number of para-hydroxylation sites is 3. The van der Waals surface area contributed by atoms with Crippen molar-refractivity contribution < 1.29 is 23.8 Å². The number of nitrogens with zero attached hydrogens (tertiary/aromatic N) is 1. The highest BCUT2D eigenvalue weighted by Crippen LogP contribution is 2.25. The molecule has 0 saturated carbocycles. The lowest BCUT2D eigenvalue weighted by atomic mass is 10.2. The van der Waals surface area contributed by atoms with Crippen LogP contribution < -0.4 is 19.7 Å². The summed E-state index contributed by atoms with van der Waals surface area (Å²) in [5.74, 6) is 0.707. The lowest BCUT2D eigenvalue weighted by Crippen LogP contribution is -2.51. The molecule has 7 heteroatoms. The van der Waals surface area contributed by atoms with Crippen LogP contribution in [0.3, 0.4) is 0 Å². The third kappa shape index (κ3) is 4.98. The first-order chi connectivity index (χ1) is 13.2. The summed E-state index contributed by atoms with van der Waals surface area (Å²) in [6, 6.07) is 16.5. The van der Waals surface area contributed by atoms with Gasteiger partial charge in [-0.2, -0.15) is 0 Å². The Labute approximate surface area is 157 Å². The number of benzene rings is 2. The van der Waals surface area contributed by atoms with E-state index in [9.17, 15) is 9.59 Å². The molecule has 1 aliphatic rings. The second kappa shape index (κ2) is 9.05. The summed E-state index contributed by atoms with van der Waals surface area (Å²) >= 11 is 0. The van der Waals surface area contributed by atoms with Crippen LogP contribution in [0.4, 0.5) is 5.69 Å². The van der Waals surface area contributed by atoms with Gasteiger partial charge < -0.3 is 24.4 Å². The van der Waals surface area contributed by atoms with Crippen LogP contribution in [0.5, 0.6) is 11.5 Å². The third-order valence-electron chi connectivity index (χ3n) is 4.15. The van der Waals surface area contributed by atoms with Gasteiger partial charge in [0.05, 0.1) is 19.8 Å². The molecule has 2 amide bonds. The van der Waals surface area contributed by atoms with Crippen LogP contribution in [0, 0.1) is 0 Å². The maximum Gasteiger partial charge on any atom is 0.258 e. The van der Waals surface area contributed by atoms with Gasteiger partial charge in [-0.25, -0.2) is 0 Å². The molecular weight excluding hydrogens is 348 g/mol. The summed E-state index contributed by atoms with van der Waals surface area (Å²) in [7, 11) is 1.54. The fourth-order valence-electron chi connectivity index (χ4n) is 2.77. The number of hydrogen-bond donors (Lipinski definition) is 1. The minimum absolute atomic E-state index is 0.00680. The molecule has 0 bridgehead atoms. The number of rotatable bonds is 7. The van der Waals surface area contributed by atoms with Gasteiger partial charge in [0, 0.05) is 12.2 Å². The highest BCUT2D eigenvalue weighted by Gasteiger charge is 2.27. The van der Waals surface area contributed by atoms with Gasteiger partial charge >= 0.3 is 0 Å². The fourth-order valence-corrected chi connectivity index (χ4v) is 2.77. The Morgan fingerprint density at radius 1 is 1.15 bits per heavy atom. The molecule has 1 N–H and O–H groups in total. The average molecular weight is 370 g/mol. The van der Waals surface area contributed by atoms with E-state index in [2.05, 4.69) is 5.32 Å². The van der Waals surface area contributed by atoms with E-state index in [-0.39, 0.29) is 31.1 Å². The van der Waals surface area contributed by atoms with Gasteiger partial charge in [-0.3, -0.25) is 9.59 Å². The predicted molar refractivity (Wildman–Crippen MR) is 100 cm³/mol. The summed E-state index contributed by atoms with van der Waals surface area (Å²) in [6.07, 6.45) is -0.280.